The van der Waals surface area contributed by atoms with Crippen molar-refractivity contribution in [2.24, 2.45) is 0 Å². The molecule has 0 aliphatic rings. The van der Waals surface area contributed by atoms with Gasteiger partial charge in [0.2, 0.25) is 11.8 Å². The van der Waals surface area contributed by atoms with Gasteiger partial charge < -0.3 is 10.2 Å². The molecule has 0 aliphatic carbocycles. The first-order valence-corrected chi connectivity index (χ1v) is 8.12. The zero-order valence-electron chi connectivity index (χ0n) is 14.2. The molecule has 1 N–H and O–H groups in total. The first-order valence-electron chi connectivity index (χ1n) is 8.12. The highest BCUT2D eigenvalue weighted by atomic mass is 16.2. The van der Waals surface area contributed by atoms with Crippen molar-refractivity contribution in [3.63, 3.8) is 0 Å². The van der Waals surface area contributed by atoms with Crippen molar-refractivity contribution in [1.29, 1.82) is 0 Å². The summed E-state index contributed by atoms with van der Waals surface area (Å²) in [7, 11) is 0. The Bertz CT molecular complexity index is 500. The van der Waals surface area contributed by atoms with Crippen LogP contribution in [0.5, 0.6) is 0 Å². The Kier molecular flexibility index (Phi) is 7.64. The van der Waals surface area contributed by atoms with E-state index in [0.29, 0.717) is 19.5 Å². The van der Waals surface area contributed by atoms with Crippen LogP contribution in [0, 0.1) is 6.92 Å². The molecule has 122 valence electrons. The van der Waals surface area contributed by atoms with Crippen molar-refractivity contribution in [2.45, 2.75) is 59.5 Å². The number of nitrogens with one attached hydrogen (secondary N) is 1. The van der Waals surface area contributed by atoms with E-state index in [4.69, 9.17) is 0 Å². The Hall–Kier alpha value is -1.84. The second-order valence-corrected chi connectivity index (χ2v) is 5.73. The number of carbonyl (C=O) groups is 2. The first-order chi connectivity index (χ1) is 10.5. The van der Waals surface area contributed by atoms with E-state index in [0.717, 1.165) is 24.0 Å². The minimum Gasteiger partial charge on any atom is -0.354 e. The summed E-state index contributed by atoms with van der Waals surface area (Å²) in [5.41, 5.74) is 2.21. The molecule has 0 bridgehead atoms. The van der Waals surface area contributed by atoms with E-state index in [2.05, 4.69) is 11.4 Å². The Morgan fingerprint density at radius 2 is 1.95 bits per heavy atom. The Morgan fingerprint density at radius 1 is 1.23 bits per heavy atom. The monoisotopic (exact) mass is 304 g/mol. The van der Waals surface area contributed by atoms with Crippen LogP contribution in [-0.2, 0) is 16.1 Å². The molecule has 1 aromatic carbocycles. The largest absolute Gasteiger partial charge is 0.354 e. The second-order valence-electron chi connectivity index (χ2n) is 5.73. The summed E-state index contributed by atoms with van der Waals surface area (Å²) < 4.78 is 0. The van der Waals surface area contributed by atoms with Gasteiger partial charge in [-0.1, -0.05) is 43.7 Å². The molecule has 0 saturated heterocycles. The molecular formula is C18H28N2O2. The van der Waals surface area contributed by atoms with E-state index in [1.165, 1.54) is 0 Å². The SMILES string of the molecule is CCCNC(=O)C(C)N(Cc1cccc(C)c1)C(=O)CCC. The van der Waals surface area contributed by atoms with Crippen LogP contribution in [0.15, 0.2) is 24.3 Å². The summed E-state index contributed by atoms with van der Waals surface area (Å²) in [4.78, 5) is 26.3. The fourth-order valence-corrected chi connectivity index (χ4v) is 2.34. The second kappa shape index (κ2) is 9.23. The molecule has 0 spiro atoms. The number of carbonyl (C=O) groups excluding carboxylic acids is 2. The number of aryl methyl sites for hydroxylation is 1. The lowest BCUT2D eigenvalue weighted by molar-refractivity contribution is -0.140. The molecule has 1 rings (SSSR count). The normalized spacial score (nSPS) is 11.8. The zero-order valence-corrected chi connectivity index (χ0v) is 14.2. The predicted molar refractivity (Wildman–Crippen MR) is 89.4 cm³/mol. The van der Waals surface area contributed by atoms with Crippen LogP contribution in [0.25, 0.3) is 0 Å². The molecule has 1 atom stereocenters. The average Bonchev–Trinajstić information content (AvgIpc) is 2.49. The lowest BCUT2D eigenvalue weighted by Crippen LogP contribution is -2.47. The highest BCUT2D eigenvalue weighted by Gasteiger charge is 2.25. The van der Waals surface area contributed by atoms with Gasteiger partial charge in [-0.15, -0.1) is 0 Å². The Labute approximate surface area is 133 Å². The van der Waals surface area contributed by atoms with Crippen LogP contribution >= 0.6 is 0 Å². The van der Waals surface area contributed by atoms with Gasteiger partial charge in [-0.05, 0) is 32.3 Å². The summed E-state index contributed by atoms with van der Waals surface area (Å²) in [6.45, 7) is 8.93. The fraction of sp³-hybridized carbons (Fsp3) is 0.556. The van der Waals surface area contributed by atoms with Crippen LogP contribution in [0.2, 0.25) is 0 Å². The van der Waals surface area contributed by atoms with Crippen LogP contribution in [0.4, 0.5) is 0 Å². The van der Waals surface area contributed by atoms with Gasteiger partial charge in [-0.3, -0.25) is 9.59 Å². The molecule has 22 heavy (non-hydrogen) atoms. The van der Waals surface area contributed by atoms with Crippen molar-refractivity contribution in [1.82, 2.24) is 10.2 Å². The fourth-order valence-electron chi connectivity index (χ4n) is 2.34. The quantitative estimate of drug-likeness (QED) is 0.802. The summed E-state index contributed by atoms with van der Waals surface area (Å²) in [6.07, 6.45) is 2.14. The maximum Gasteiger partial charge on any atom is 0.242 e. The summed E-state index contributed by atoms with van der Waals surface area (Å²) in [5.74, 6) is -0.0536. The molecule has 4 heteroatoms. The molecule has 4 nitrogen and oxygen atoms in total. The minimum absolute atomic E-state index is 0.0307. The van der Waals surface area contributed by atoms with E-state index in [-0.39, 0.29) is 11.8 Å². The van der Waals surface area contributed by atoms with Gasteiger partial charge in [0.15, 0.2) is 0 Å². The molecule has 0 saturated carbocycles. The topological polar surface area (TPSA) is 49.4 Å². The van der Waals surface area contributed by atoms with Crippen LogP contribution < -0.4 is 5.32 Å². The van der Waals surface area contributed by atoms with Crippen LogP contribution in [0.3, 0.4) is 0 Å². The van der Waals surface area contributed by atoms with Gasteiger partial charge >= 0.3 is 0 Å². The van der Waals surface area contributed by atoms with E-state index in [1.807, 2.05) is 39.0 Å². The van der Waals surface area contributed by atoms with Gasteiger partial charge in [0.25, 0.3) is 0 Å². The highest BCUT2D eigenvalue weighted by molar-refractivity contribution is 5.87. The number of nitrogens with zero attached hydrogens (tertiary/aromatic N) is 1. The van der Waals surface area contributed by atoms with Crippen molar-refractivity contribution in [3.05, 3.63) is 35.4 Å². The Morgan fingerprint density at radius 3 is 2.55 bits per heavy atom. The number of hydrogen-bond acceptors (Lipinski definition) is 2. The molecular weight excluding hydrogens is 276 g/mol. The average molecular weight is 304 g/mol. The summed E-state index contributed by atoms with van der Waals surface area (Å²) in [5, 5.41) is 2.87. The molecule has 0 heterocycles. The van der Waals surface area contributed by atoms with Gasteiger partial charge in [0.1, 0.15) is 6.04 Å². The van der Waals surface area contributed by atoms with Crippen molar-refractivity contribution < 1.29 is 9.59 Å². The van der Waals surface area contributed by atoms with E-state index in [9.17, 15) is 9.59 Å². The number of rotatable bonds is 8. The molecule has 2 amide bonds. The Balaban J connectivity index is 2.87. The van der Waals surface area contributed by atoms with Gasteiger partial charge in [0.05, 0.1) is 0 Å². The van der Waals surface area contributed by atoms with E-state index >= 15 is 0 Å². The lowest BCUT2D eigenvalue weighted by atomic mass is 10.1. The third-order valence-corrected chi connectivity index (χ3v) is 3.62. The van der Waals surface area contributed by atoms with Gasteiger partial charge in [-0.2, -0.15) is 0 Å². The molecule has 0 aliphatic heterocycles. The zero-order chi connectivity index (χ0) is 16.5. The highest BCUT2D eigenvalue weighted by Crippen LogP contribution is 2.13. The smallest absolute Gasteiger partial charge is 0.242 e. The summed E-state index contributed by atoms with van der Waals surface area (Å²) >= 11 is 0. The van der Waals surface area contributed by atoms with Crippen molar-refractivity contribution >= 4 is 11.8 Å². The summed E-state index contributed by atoms with van der Waals surface area (Å²) in [6, 6.07) is 7.61. The van der Waals surface area contributed by atoms with Gasteiger partial charge in [-0.25, -0.2) is 0 Å². The third-order valence-electron chi connectivity index (χ3n) is 3.62. The molecule has 0 fully saturated rings. The molecule has 0 radical (unpaired) electrons. The lowest BCUT2D eigenvalue weighted by Gasteiger charge is -2.29. The predicted octanol–water partition coefficient (Wildman–Crippen LogP) is 3.04. The maximum atomic E-state index is 12.4. The molecule has 1 aromatic rings. The van der Waals surface area contributed by atoms with E-state index in [1.54, 1.807) is 11.8 Å². The van der Waals surface area contributed by atoms with Crippen molar-refractivity contribution in [3.8, 4) is 0 Å². The molecule has 1 unspecified atom stereocenters. The maximum absolute atomic E-state index is 12.4. The first kappa shape index (κ1) is 18.2. The minimum atomic E-state index is -0.453. The number of amides is 2. The van der Waals surface area contributed by atoms with E-state index < -0.39 is 6.04 Å². The van der Waals surface area contributed by atoms with Crippen LogP contribution in [0.1, 0.15) is 51.2 Å². The van der Waals surface area contributed by atoms with Crippen molar-refractivity contribution in [2.75, 3.05) is 6.54 Å². The van der Waals surface area contributed by atoms with Gasteiger partial charge in [0, 0.05) is 19.5 Å². The van der Waals surface area contributed by atoms with Crippen LogP contribution in [-0.4, -0.2) is 29.3 Å². The standard InChI is InChI=1S/C18H28N2O2/c1-5-8-17(21)20(15(4)18(22)19-11-6-2)13-16-10-7-9-14(3)12-16/h7,9-10,12,15H,5-6,8,11,13H2,1-4H3,(H,19,22). The number of benzene rings is 1. The number of hydrogen-bond donors (Lipinski definition) is 1. The molecule has 0 aromatic heterocycles. The third kappa shape index (κ3) is 5.51.